The van der Waals surface area contributed by atoms with E-state index >= 15 is 0 Å². The van der Waals surface area contributed by atoms with Crippen molar-refractivity contribution in [2.45, 2.75) is 31.3 Å². The summed E-state index contributed by atoms with van der Waals surface area (Å²) in [5.74, 6) is 0.439. The highest BCUT2D eigenvalue weighted by molar-refractivity contribution is 7.19. The first-order chi connectivity index (χ1) is 14.7. The van der Waals surface area contributed by atoms with Crippen LogP contribution in [-0.2, 0) is 9.59 Å². The minimum Gasteiger partial charge on any atom is -0.438 e. The fourth-order valence-electron chi connectivity index (χ4n) is 5.47. The molecule has 31 heavy (non-hydrogen) atoms. The highest BCUT2D eigenvalue weighted by Crippen LogP contribution is 2.53. The Hall–Kier alpha value is -1.74. The number of hydrogen-bond acceptors (Lipinski definition) is 6. The number of imide groups is 1. The molecule has 166 valence electrons. The molecular formula is C22H28ClN4O3S+. The number of fused-ring (bicyclic) bond motifs is 3. The predicted octanol–water partition coefficient (Wildman–Crippen LogP) is 3.27. The summed E-state index contributed by atoms with van der Waals surface area (Å²) in [4.78, 5) is 36.0. The number of quaternary nitrogens is 1. The number of carbonyl (C=O) groups is 2. The van der Waals surface area contributed by atoms with Gasteiger partial charge < -0.3 is 8.90 Å². The lowest BCUT2D eigenvalue weighted by atomic mass is 9.88. The average molecular weight is 464 g/mol. The Kier molecular flexibility index (Phi) is 5.24. The molecule has 5 heterocycles. The summed E-state index contributed by atoms with van der Waals surface area (Å²) in [6, 6.07) is 3.56. The standard InChI is InChI=1S/C22H28ClN4O3S/c1-27(2,3)11-5-10-26-21(28)17-13-6-4-9-25(13)19(18(17)22(26)29)20-24-12-14(30-20)15-7-8-16(23)31-15/h7-8,12-13,17-19H,4-6,9-11H2,1-3H3/q+1/t13-,17-,18-,19+/m0/s1. The molecular weight excluding hydrogens is 436 g/mol. The third kappa shape index (κ3) is 3.63. The lowest BCUT2D eigenvalue weighted by Crippen LogP contribution is -2.42. The van der Waals surface area contributed by atoms with Crippen molar-refractivity contribution in [2.75, 3.05) is 40.8 Å². The molecule has 7 nitrogen and oxygen atoms in total. The minimum atomic E-state index is -0.402. The first kappa shape index (κ1) is 21.1. The smallest absolute Gasteiger partial charge is 0.235 e. The highest BCUT2D eigenvalue weighted by atomic mass is 35.5. The molecule has 3 fully saturated rings. The third-order valence-corrected chi connectivity index (χ3v) is 7.99. The van der Waals surface area contributed by atoms with E-state index < -0.39 is 5.92 Å². The molecule has 2 amide bonds. The second-order valence-corrected chi connectivity index (χ2v) is 11.5. The SMILES string of the molecule is C[N+](C)(C)CCCN1C(=O)[C@@H]2[C@H](C1=O)[C@H](c1ncc(-c3ccc(Cl)s3)o1)N1CCC[C@@H]21. The molecule has 0 aromatic carbocycles. The molecule has 5 rings (SSSR count). The van der Waals surface area contributed by atoms with Crippen LogP contribution in [0, 0.1) is 11.8 Å². The quantitative estimate of drug-likeness (QED) is 0.486. The van der Waals surface area contributed by atoms with E-state index in [0.717, 1.165) is 41.7 Å². The van der Waals surface area contributed by atoms with Crippen molar-refractivity contribution in [3.63, 3.8) is 0 Å². The van der Waals surface area contributed by atoms with Gasteiger partial charge in [-0.1, -0.05) is 11.6 Å². The van der Waals surface area contributed by atoms with E-state index in [2.05, 4.69) is 31.0 Å². The third-order valence-electron chi connectivity index (χ3n) is 6.75. The second kappa shape index (κ2) is 7.69. The van der Waals surface area contributed by atoms with Crippen molar-refractivity contribution in [3.05, 3.63) is 28.6 Å². The normalized spacial score (nSPS) is 28.6. The van der Waals surface area contributed by atoms with E-state index in [4.69, 9.17) is 16.0 Å². The number of carbonyl (C=O) groups excluding carboxylic acids is 2. The van der Waals surface area contributed by atoms with Crippen LogP contribution in [0.2, 0.25) is 4.34 Å². The van der Waals surface area contributed by atoms with E-state index in [0.29, 0.717) is 22.5 Å². The van der Waals surface area contributed by atoms with Crippen LogP contribution in [0.3, 0.4) is 0 Å². The fourth-order valence-corrected chi connectivity index (χ4v) is 6.46. The monoisotopic (exact) mass is 463 g/mol. The summed E-state index contributed by atoms with van der Waals surface area (Å²) in [6.07, 6.45) is 4.48. The Labute approximate surface area is 191 Å². The fraction of sp³-hybridized carbons (Fsp3) is 0.591. The first-order valence-electron chi connectivity index (χ1n) is 10.9. The lowest BCUT2D eigenvalue weighted by molar-refractivity contribution is -0.870. The Morgan fingerprint density at radius 3 is 2.71 bits per heavy atom. The zero-order chi connectivity index (χ0) is 21.9. The van der Waals surface area contributed by atoms with Gasteiger partial charge in [-0.3, -0.25) is 19.4 Å². The molecule has 0 spiro atoms. The maximum atomic E-state index is 13.4. The van der Waals surface area contributed by atoms with Gasteiger partial charge >= 0.3 is 0 Å². The Bertz CT molecular complexity index is 1010. The summed E-state index contributed by atoms with van der Waals surface area (Å²) in [6.45, 7) is 2.27. The van der Waals surface area contributed by atoms with Crippen LogP contribution < -0.4 is 0 Å². The summed E-state index contributed by atoms with van der Waals surface area (Å²) < 4.78 is 7.65. The van der Waals surface area contributed by atoms with Gasteiger partial charge in [0, 0.05) is 19.0 Å². The van der Waals surface area contributed by atoms with Gasteiger partial charge in [-0.25, -0.2) is 4.98 Å². The minimum absolute atomic E-state index is 0.00683. The Balaban J connectivity index is 1.42. The van der Waals surface area contributed by atoms with E-state index in [1.165, 1.54) is 16.2 Å². The molecule has 0 unspecified atom stereocenters. The van der Waals surface area contributed by atoms with Crippen molar-refractivity contribution in [1.29, 1.82) is 0 Å². The predicted molar refractivity (Wildman–Crippen MR) is 119 cm³/mol. The van der Waals surface area contributed by atoms with Gasteiger partial charge in [-0.05, 0) is 31.5 Å². The maximum absolute atomic E-state index is 13.4. The molecule has 2 aromatic heterocycles. The highest BCUT2D eigenvalue weighted by Gasteiger charge is 2.64. The van der Waals surface area contributed by atoms with Gasteiger partial charge in [0.15, 0.2) is 5.76 Å². The Morgan fingerprint density at radius 1 is 1.23 bits per heavy atom. The van der Waals surface area contributed by atoms with E-state index in [1.54, 1.807) is 6.20 Å². The molecule has 3 aliphatic rings. The summed E-state index contributed by atoms with van der Waals surface area (Å²) in [5.41, 5.74) is 0. The number of halogens is 1. The number of oxazole rings is 1. The molecule has 9 heteroatoms. The zero-order valence-electron chi connectivity index (χ0n) is 18.1. The van der Waals surface area contributed by atoms with Crippen molar-refractivity contribution in [1.82, 2.24) is 14.8 Å². The summed E-state index contributed by atoms with van der Waals surface area (Å²) >= 11 is 7.51. The molecule has 3 saturated heterocycles. The van der Waals surface area contributed by atoms with Gasteiger partial charge in [0.25, 0.3) is 0 Å². The average Bonchev–Trinajstić information content (AvgIpc) is 3.47. The van der Waals surface area contributed by atoms with Crippen LogP contribution in [0.4, 0.5) is 0 Å². The molecule has 0 N–H and O–H groups in total. The topological polar surface area (TPSA) is 66.7 Å². The number of hydrogen-bond donors (Lipinski definition) is 0. The second-order valence-electron chi connectivity index (χ2n) is 9.81. The van der Waals surface area contributed by atoms with Crippen LogP contribution in [0.25, 0.3) is 10.6 Å². The molecule has 2 aromatic rings. The molecule has 3 aliphatic heterocycles. The number of rotatable bonds is 6. The maximum Gasteiger partial charge on any atom is 0.235 e. The number of aromatic nitrogens is 1. The van der Waals surface area contributed by atoms with Gasteiger partial charge in [0.1, 0.15) is 0 Å². The van der Waals surface area contributed by atoms with Gasteiger partial charge in [-0.15, -0.1) is 11.3 Å². The van der Waals surface area contributed by atoms with Gasteiger partial charge in [0.05, 0.1) is 61.0 Å². The molecule has 0 saturated carbocycles. The number of thiophene rings is 1. The summed E-state index contributed by atoms with van der Waals surface area (Å²) in [5, 5.41) is 0. The molecule has 0 radical (unpaired) electrons. The van der Waals surface area contributed by atoms with Crippen molar-refractivity contribution in [2.24, 2.45) is 11.8 Å². The molecule has 0 aliphatic carbocycles. The van der Waals surface area contributed by atoms with Crippen LogP contribution in [0.5, 0.6) is 0 Å². The van der Waals surface area contributed by atoms with E-state index in [-0.39, 0.29) is 29.8 Å². The molecule has 4 atom stereocenters. The van der Waals surface area contributed by atoms with Gasteiger partial charge in [0.2, 0.25) is 17.7 Å². The van der Waals surface area contributed by atoms with Crippen LogP contribution in [0.1, 0.15) is 31.2 Å². The number of amides is 2. The zero-order valence-corrected chi connectivity index (χ0v) is 19.7. The molecule has 0 bridgehead atoms. The number of likely N-dealkylation sites (tertiary alicyclic amines) is 1. The van der Waals surface area contributed by atoms with E-state index in [1.807, 2.05) is 12.1 Å². The van der Waals surface area contributed by atoms with Crippen LogP contribution >= 0.6 is 22.9 Å². The van der Waals surface area contributed by atoms with Crippen molar-refractivity contribution in [3.8, 4) is 10.6 Å². The van der Waals surface area contributed by atoms with E-state index in [9.17, 15) is 9.59 Å². The lowest BCUT2D eigenvalue weighted by Gasteiger charge is -2.27. The first-order valence-corrected chi connectivity index (χ1v) is 12.1. The van der Waals surface area contributed by atoms with Gasteiger partial charge in [-0.2, -0.15) is 0 Å². The van der Waals surface area contributed by atoms with Crippen molar-refractivity contribution < 1.29 is 18.5 Å². The number of nitrogens with zero attached hydrogens (tertiary/aromatic N) is 4. The van der Waals surface area contributed by atoms with Crippen LogP contribution in [-0.4, -0.2) is 77.9 Å². The van der Waals surface area contributed by atoms with Crippen molar-refractivity contribution >= 4 is 34.8 Å². The van der Waals surface area contributed by atoms with Crippen LogP contribution in [0.15, 0.2) is 22.7 Å². The Morgan fingerprint density at radius 2 is 2.00 bits per heavy atom. The summed E-state index contributed by atoms with van der Waals surface area (Å²) in [7, 11) is 6.36. The largest absolute Gasteiger partial charge is 0.438 e.